The number of carbonyl (C=O) groups is 2. The number of amides is 2. The quantitative estimate of drug-likeness (QED) is 0.482. The molecule has 1 heterocycles. The van der Waals surface area contributed by atoms with E-state index in [1.54, 1.807) is 24.3 Å². The summed E-state index contributed by atoms with van der Waals surface area (Å²) in [5.41, 5.74) is 2.35. The molecule has 31 heavy (non-hydrogen) atoms. The van der Waals surface area contributed by atoms with Crippen LogP contribution < -0.4 is 15.0 Å². The summed E-state index contributed by atoms with van der Waals surface area (Å²) in [5, 5.41) is 2.86. The van der Waals surface area contributed by atoms with Crippen LogP contribution in [-0.4, -0.2) is 11.8 Å². The first-order valence-electron chi connectivity index (χ1n) is 9.92. The summed E-state index contributed by atoms with van der Waals surface area (Å²) >= 11 is 6.22. The number of nitrogens with one attached hydrogen (secondary N) is 1. The largest absolute Gasteiger partial charge is 0.457 e. The van der Waals surface area contributed by atoms with Gasteiger partial charge in [0.15, 0.2) is 0 Å². The topological polar surface area (TPSA) is 58.6 Å². The van der Waals surface area contributed by atoms with E-state index >= 15 is 0 Å². The fourth-order valence-electron chi connectivity index (χ4n) is 3.23. The highest BCUT2D eigenvalue weighted by Gasteiger charge is 2.38. The maximum Gasteiger partial charge on any atom is 0.283 e. The number of benzene rings is 3. The van der Waals surface area contributed by atoms with Crippen LogP contribution >= 0.6 is 11.6 Å². The highest BCUT2D eigenvalue weighted by molar-refractivity contribution is 6.53. The summed E-state index contributed by atoms with van der Waals surface area (Å²) in [5.74, 6) is 0.625. The Balaban J connectivity index is 1.50. The van der Waals surface area contributed by atoms with Gasteiger partial charge >= 0.3 is 0 Å². The lowest BCUT2D eigenvalue weighted by Gasteiger charge is -2.16. The molecule has 0 unspecified atom stereocenters. The third kappa shape index (κ3) is 4.32. The van der Waals surface area contributed by atoms with Gasteiger partial charge in [-0.05, 0) is 60.0 Å². The van der Waals surface area contributed by atoms with Crippen LogP contribution in [0.15, 0.2) is 89.6 Å². The van der Waals surface area contributed by atoms with Crippen LogP contribution in [0.2, 0.25) is 0 Å². The molecular weight excluding hydrogens is 412 g/mol. The molecular formula is C25H21ClN2O3. The first-order valence-corrected chi connectivity index (χ1v) is 10.3. The SMILES string of the molecule is CC(C)c1ccc(NC2=C(Cl)C(=O)N(c3ccc(Oc4ccccc4)cc3)C2=O)cc1. The Hall–Kier alpha value is -3.57. The summed E-state index contributed by atoms with van der Waals surface area (Å²) < 4.78 is 5.76. The molecule has 0 radical (unpaired) electrons. The van der Waals surface area contributed by atoms with Crippen LogP contribution in [0.5, 0.6) is 11.5 Å². The van der Waals surface area contributed by atoms with E-state index in [2.05, 4.69) is 19.2 Å². The summed E-state index contributed by atoms with van der Waals surface area (Å²) in [6.07, 6.45) is 0. The van der Waals surface area contributed by atoms with Gasteiger partial charge in [0.25, 0.3) is 11.8 Å². The molecule has 0 fully saturated rings. The standard InChI is InChI=1S/C25H21ClN2O3/c1-16(2)17-8-10-18(11-9-17)27-23-22(26)24(29)28(25(23)30)19-12-14-21(15-13-19)31-20-6-4-3-5-7-20/h3-16,27H,1-2H3. The van der Waals surface area contributed by atoms with Gasteiger partial charge in [0.1, 0.15) is 22.2 Å². The number of hydrogen-bond donors (Lipinski definition) is 1. The Bertz CT molecular complexity index is 1140. The number of nitrogens with zero attached hydrogens (tertiary/aromatic N) is 1. The monoisotopic (exact) mass is 432 g/mol. The minimum atomic E-state index is -0.565. The number of para-hydroxylation sites is 1. The van der Waals surface area contributed by atoms with E-state index in [4.69, 9.17) is 16.3 Å². The first-order chi connectivity index (χ1) is 14.9. The number of halogens is 1. The van der Waals surface area contributed by atoms with E-state index in [1.165, 1.54) is 5.56 Å². The van der Waals surface area contributed by atoms with Crippen molar-refractivity contribution in [2.24, 2.45) is 0 Å². The third-order valence-electron chi connectivity index (χ3n) is 4.95. The number of carbonyl (C=O) groups excluding carboxylic acids is 2. The van der Waals surface area contributed by atoms with Gasteiger partial charge in [-0.25, -0.2) is 4.90 Å². The van der Waals surface area contributed by atoms with Crippen molar-refractivity contribution < 1.29 is 14.3 Å². The first kappa shape index (κ1) is 20.7. The molecule has 0 saturated carbocycles. The molecule has 1 N–H and O–H groups in total. The smallest absolute Gasteiger partial charge is 0.283 e. The van der Waals surface area contributed by atoms with Crippen LogP contribution in [0.25, 0.3) is 0 Å². The predicted molar refractivity (Wildman–Crippen MR) is 122 cm³/mol. The van der Waals surface area contributed by atoms with Gasteiger partial charge in [-0.3, -0.25) is 9.59 Å². The lowest BCUT2D eigenvalue weighted by molar-refractivity contribution is -0.120. The molecule has 2 amide bonds. The minimum Gasteiger partial charge on any atom is -0.457 e. The maximum atomic E-state index is 13.0. The van der Waals surface area contributed by atoms with Crippen LogP contribution in [0.4, 0.5) is 11.4 Å². The minimum absolute atomic E-state index is 0.0635. The lowest BCUT2D eigenvalue weighted by atomic mass is 10.0. The van der Waals surface area contributed by atoms with Crippen molar-refractivity contribution in [3.8, 4) is 11.5 Å². The third-order valence-corrected chi connectivity index (χ3v) is 5.30. The summed E-state index contributed by atoms with van der Waals surface area (Å²) in [6.45, 7) is 4.21. The van der Waals surface area contributed by atoms with Gasteiger partial charge in [0.05, 0.1) is 5.69 Å². The van der Waals surface area contributed by atoms with Gasteiger partial charge in [-0.1, -0.05) is 55.8 Å². The summed E-state index contributed by atoms with van der Waals surface area (Å²) in [6, 6.07) is 23.7. The molecule has 3 aromatic rings. The van der Waals surface area contributed by atoms with Crippen molar-refractivity contribution in [2.45, 2.75) is 19.8 Å². The van der Waals surface area contributed by atoms with Crippen molar-refractivity contribution in [1.29, 1.82) is 0 Å². The molecule has 0 saturated heterocycles. The number of ether oxygens (including phenoxy) is 1. The van der Waals surface area contributed by atoms with Crippen LogP contribution in [0.3, 0.4) is 0 Å². The fraction of sp³-hybridized carbons (Fsp3) is 0.120. The van der Waals surface area contributed by atoms with E-state index in [0.717, 1.165) is 4.90 Å². The van der Waals surface area contributed by atoms with E-state index in [0.29, 0.717) is 28.8 Å². The average Bonchev–Trinajstić information content (AvgIpc) is 2.99. The zero-order chi connectivity index (χ0) is 22.0. The van der Waals surface area contributed by atoms with Crippen LogP contribution in [0, 0.1) is 0 Å². The average molecular weight is 433 g/mol. The molecule has 0 bridgehead atoms. The van der Waals surface area contributed by atoms with Gasteiger partial charge in [0, 0.05) is 5.69 Å². The zero-order valence-corrected chi connectivity index (χ0v) is 17.9. The molecule has 5 nitrogen and oxygen atoms in total. The highest BCUT2D eigenvalue weighted by Crippen LogP contribution is 2.32. The van der Waals surface area contributed by atoms with Gasteiger partial charge in [0.2, 0.25) is 0 Å². The van der Waals surface area contributed by atoms with Crippen molar-refractivity contribution in [3.05, 3.63) is 95.2 Å². The Morgan fingerprint density at radius 1 is 0.806 bits per heavy atom. The van der Waals surface area contributed by atoms with Crippen molar-refractivity contribution in [2.75, 3.05) is 10.2 Å². The van der Waals surface area contributed by atoms with Crippen molar-refractivity contribution in [1.82, 2.24) is 0 Å². The molecule has 6 heteroatoms. The number of imide groups is 1. The Morgan fingerprint density at radius 2 is 1.42 bits per heavy atom. The number of anilines is 2. The highest BCUT2D eigenvalue weighted by atomic mass is 35.5. The van der Waals surface area contributed by atoms with Crippen LogP contribution in [-0.2, 0) is 9.59 Å². The van der Waals surface area contributed by atoms with E-state index < -0.39 is 11.8 Å². The molecule has 1 aliphatic heterocycles. The summed E-state index contributed by atoms with van der Waals surface area (Å²) in [4.78, 5) is 26.7. The van der Waals surface area contributed by atoms with Crippen LogP contribution in [0.1, 0.15) is 25.3 Å². The fourth-order valence-corrected chi connectivity index (χ4v) is 3.44. The molecule has 0 aromatic heterocycles. The molecule has 156 valence electrons. The number of rotatable bonds is 6. The van der Waals surface area contributed by atoms with Crippen molar-refractivity contribution >= 4 is 34.8 Å². The molecule has 4 rings (SSSR count). The second kappa shape index (κ2) is 8.66. The number of hydrogen-bond acceptors (Lipinski definition) is 4. The summed E-state index contributed by atoms with van der Waals surface area (Å²) in [7, 11) is 0. The van der Waals surface area contributed by atoms with Gasteiger partial charge < -0.3 is 10.1 Å². The Labute approximate surface area is 185 Å². The van der Waals surface area contributed by atoms with E-state index in [9.17, 15) is 9.59 Å². The molecule has 0 atom stereocenters. The zero-order valence-electron chi connectivity index (χ0n) is 17.1. The lowest BCUT2D eigenvalue weighted by Crippen LogP contribution is -2.32. The normalized spacial score (nSPS) is 13.9. The Morgan fingerprint density at radius 3 is 2.03 bits per heavy atom. The molecule has 0 aliphatic carbocycles. The van der Waals surface area contributed by atoms with E-state index in [1.807, 2.05) is 54.6 Å². The predicted octanol–water partition coefficient (Wildman–Crippen LogP) is 6.04. The second-order valence-corrected chi connectivity index (χ2v) is 7.82. The van der Waals surface area contributed by atoms with Crippen molar-refractivity contribution in [3.63, 3.8) is 0 Å². The van der Waals surface area contributed by atoms with Gasteiger partial charge in [-0.2, -0.15) is 0 Å². The molecule has 0 spiro atoms. The van der Waals surface area contributed by atoms with Gasteiger partial charge in [-0.15, -0.1) is 0 Å². The maximum absolute atomic E-state index is 13.0. The Kier molecular flexibility index (Phi) is 5.78. The second-order valence-electron chi connectivity index (χ2n) is 7.45. The molecule has 1 aliphatic rings. The molecule has 3 aromatic carbocycles. The van der Waals surface area contributed by atoms with E-state index in [-0.39, 0.29) is 10.7 Å².